The number of nitrogens with zero attached hydrogens (tertiary/aromatic N) is 2. The molecule has 0 radical (unpaired) electrons. The van der Waals surface area contributed by atoms with Crippen LogP contribution in [-0.4, -0.2) is 37.7 Å². The largest absolute Gasteiger partial charge is 0.497 e. The molecule has 0 saturated carbocycles. The van der Waals surface area contributed by atoms with Gasteiger partial charge in [0.25, 0.3) is 5.91 Å². The van der Waals surface area contributed by atoms with Crippen molar-refractivity contribution >= 4 is 52.8 Å². The molecule has 6 aromatic rings. The van der Waals surface area contributed by atoms with Gasteiger partial charge in [-0.1, -0.05) is 66.3 Å². The van der Waals surface area contributed by atoms with Crippen LogP contribution in [0, 0.1) is 16.3 Å². The van der Waals surface area contributed by atoms with Gasteiger partial charge in [0.15, 0.2) is 4.77 Å². The third-order valence-electron chi connectivity index (χ3n) is 7.46. The Bertz CT molecular complexity index is 2150. The molecule has 3 aromatic carbocycles. The number of hydrogen-bond acceptors (Lipinski definition) is 6. The average molecular weight is 612 g/mol. The number of nitrogens with one attached hydrogen (secondary N) is 3. The molecule has 3 N–H and O–H groups in total. The van der Waals surface area contributed by atoms with Gasteiger partial charge in [-0.3, -0.25) is 4.79 Å². The van der Waals surface area contributed by atoms with Crippen molar-refractivity contribution in [1.29, 1.82) is 0 Å². The summed E-state index contributed by atoms with van der Waals surface area (Å²) in [6.45, 7) is 1.85. The molecular weight excluding hydrogens is 590 g/mol. The molecule has 0 spiro atoms. The Balaban J connectivity index is 1.46. The van der Waals surface area contributed by atoms with E-state index in [0.29, 0.717) is 43.0 Å². The van der Waals surface area contributed by atoms with E-state index in [-0.39, 0.29) is 11.8 Å². The van der Waals surface area contributed by atoms with Crippen LogP contribution in [0.25, 0.3) is 22.0 Å². The molecule has 4 heterocycles. The zero-order chi connectivity index (χ0) is 29.1. The van der Waals surface area contributed by atoms with Crippen LogP contribution in [0.3, 0.4) is 0 Å². The first-order chi connectivity index (χ1) is 20.3. The van der Waals surface area contributed by atoms with E-state index in [1.807, 2.05) is 79.7 Å². The van der Waals surface area contributed by atoms with E-state index in [1.165, 1.54) is 4.68 Å². The first-order valence-electron chi connectivity index (χ1n) is 13.0. The fraction of sp³-hybridized carbons (Fsp3) is 0.0968. The number of ether oxygens (including phenoxy) is 2. The molecule has 1 aliphatic rings. The number of H-pyrrole nitrogens is 3. The Morgan fingerprint density at radius 2 is 1.76 bits per heavy atom. The van der Waals surface area contributed by atoms with Crippen LogP contribution in [0.5, 0.6) is 17.5 Å². The number of aromatic amines is 3. The topological polar surface area (TPSA) is 101 Å². The summed E-state index contributed by atoms with van der Waals surface area (Å²) < 4.78 is 13.9. The van der Waals surface area contributed by atoms with Crippen molar-refractivity contribution in [3.05, 3.63) is 115 Å². The molecule has 7 rings (SSSR count). The number of hydrogen-bond donors (Lipinski definition) is 3. The van der Waals surface area contributed by atoms with Crippen molar-refractivity contribution in [2.45, 2.75) is 12.8 Å². The molecule has 3 aromatic heterocycles. The molecule has 0 fully saturated rings. The summed E-state index contributed by atoms with van der Waals surface area (Å²) >= 11 is 17.3. The zero-order valence-corrected chi connectivity index (χ0v) is 24.7. The molecule has 0 bridgehead atoms. The number of halogens is 1. The summed E-state index contributed by atoms with van der Waals surface area (Å²) in [6, 6.07) is 22.9. The van der Waals surface area contributed by atoms with Crippen LogP contribution in [0.2, 0.25) is 5.02 Å². The van der Waals surface area contributed by atoms with E-state index in [0.717, 1.165) is 33.2 Å². The summed E-state index contributed by atoms with van der Waals surface area (Å²) in [5, 5.41) is 6.18. The molecule has 0 aliphatic carbocycles. The minimum atomic E-state index is -0.390. The van der Waals surface area contributed by atoms with E-state index in [4.69, 9.17) is 50.6 Å². The number of aromatic nitrogens is 5. The lowest BCUT2D eigenvalue weighted by molar-refractivity contribution is 0.0931. The highest BCUT2D eigenvalue weighted by Gasteiger charge is 2.38. The quantitative estimate of drug-likeness (QED) is 0.174. The van der Waals surface area contributed by atoms with E-state index in [2.05, 4.69) is 15.0 Å². The van der Waals surface area contributed by atoms with Crippen LogP contribution in [0.15, 0.2) is 72.8 Å². The Morgan fingerprint density at radius 1 is 1.00 bits per heavy atom. The molecule has 208 valence electrons. The van der Waals surface area contributed by atoms with Gasteiger partial charge in [-0.05, 0) is 60.6 Å². The van der Waals surface area contributed by atoms with Crippen molar-refractivity contribution < 1.29 is 14.3 Å². The highest BCUT2D eigenvalue weighted by molar-refractivity contribution is 7.72. The highest BCUT2D eigenvalue weighted by Crippen LogP contribution is 2.48. The third kappa shape index (κ3) is 4.18. The maximum absolute atomic E-state index is 14.5. The van der Waals surface area contributed by atoms with Crippen molar-refractivity contribution in [3.8, 4) is 28.6 Å². The molecular formula is C31H22ClN5O3S2. The Kier molecular flexibility index (Phi) is 6.34. The van der Waals surface area contributed by atoms with Gasteiger partial charge in [-0.15, -0.1) is 0 Å². The highest BCUT2D eigenvalue weighted by atomic mass is 35.5. The Labute approximate surface area is 254 Å². The maximum Gasteiger partial charge on any atom is 0.298 e. The number of rotatable bonds is 4. The maximum atomic E-state index is 14.5. The minimum absolute atomic E-state index is 0.284. The summed E-state index contributed by atoms with van der Waals surface area (Å²) in [5.74, 6) is 0.550. The zero-order valence-electron chi connectivity index (χ0n) is 22.3. The molecule has 1 atom stereocenters. The number of carbonyl (C=O) groups excluding carboxylic acids is 1. The van der Waals surface area contributed by atoms with Crippen LogP contribution < -0.4 is 9.47 Å². The van der Waals surface area contributed by atoms with E-state index in [9.17, 15) is 4.79 Å². The number of carbonyl (C=O) groups is 1. The van der Waals surface area contributed by atoms with Gasteiger partial charge in [-0.2, -0.15) is 9.78 Å². The smallest absolute Gasteiger partial charge is 0.298 e. The van der Waals surface area contributed by atoms with Crippen LogP contribution in [0.4, 0.5) is 0 Å². The second-order valence-corrected chi connectivity index (χ2v) is 11.2. The second kappa shape index (κ2) is 10.1. The van der Waals surface area contributed by atoms with Gasteiger partial charge < -0.3 is 24.4 Å². The fourth-order valence-electron chi connectivity index (χ4n) is 5.60. The van der Waals surface area contributed by atoms with E-state index in [1.54, 1.807) is 7.11 Å². The van der Waals surface area contributed by atoms with Gasteiger partial charge >= 0.3 is 0 Å². The first kappa shape index (κ1) is 26.4. The van der Waals surface area contributed by atoms with Gasteiger partial charge in [0.2, 0.25) is 11.8 Å². The lowest BCUT2D eigenvalue weighted by atomic mass is 9.85. The standard InChI is InChI=1S/C31H22ClN5O3S2/c1-15-22-24(17-8-10-18(32)11-9-17)25-27(34-31(42)35-28(25)41)40-30(22)37(36-15)29(38)26-23(16-6-4-3-5-7-16)20-14-19(39-2)12-13-21(20)33-26/h3-14,24,33H,1-2H3,(H2,34,35,41,42). The average Bonchev–Trinajstić information content (AvgIpc) is 3.53. The SMILES string of the molecule is COc1ccc2[nH]c(C(=O)n3nc(C)c4c3Oc3[nH]c(=S)[nH]c(=S)c3C4c3ccc(Cl)cc3)c(-c3ccccc3)c2c1. The first-order valence-corrected chi connectivity index (χ1v) is 14.2. The molecule has 42 heavy (non-hydrogen) atoms. The summed E-state index contributed by atoms with van der Waals surface area (Å²) in [5.41, 5.74) is 5.73. The monoisotopic (exact) mass is 611 g/mol. The van der Waals surface area contributed by atoms with Gasteiger partial charge in [0, 0.05) is 27.4 Å². The van der Waals surface area contributed by atoms with Crippen LogP contribution in [0.1, 0.15) is 38.8 Å². The molecule has 1 unspecified atom stereocenters. The number of benzene rings is 3. The van der Waals surface area contributed by atoms with Crippen LogP contribution >= 0.6 is 36.0 Å². The van der Waals surface area contributed by atoms with Gasteiger partial charge in [0.05, 0.1) is 23.9 Å². The summed E-state index contributed by atoms with van der Waals surface area (Å²) in [4.78, 5) is 23.9. The van der Waals surface area contributed by atoms with Crippen molar-refractivity contribution in [1.82, 2.24) is 24.7 Å². The number of methoxy groups -OCH3 is 1. The fourth-order valence-corrected chi connectivity index (χ4v) is 6.30. The van der Waals surface area contributed by atoms with Gasteiger partial charge in [-0.25, -0.2) is 0 Å². The number of fused-ring (bicyclic) bond motifs is 3. The minimum Gasteiger partial charge on any atom is -0.497 e. The van der Waals surface area contributed by atoms with E-state index < -0.39 is 5.92 Å². The Morgan fingerprint density at radius 3 is 2.50 bits per heavy atom. The lowest BCUT2D eigenvalue weighted by Gasteiger charge is -2.26. The molecule has 1 aliphatic heterocycles. The Hall–Kier alpha value is -4.51. The van der Waals surface area contributed by atoms with E-state index >= 15 is 0 Å². The van der Waals surface area contributed by atoms with Gasteiger partial charge in [0.1, 0.15) is 16.1 Å². The second-order valence-electron chi connectivity index (χ2n) is 9.91. The van der Waals surface area contributed by atoms with Crippen molar-refractivity contribution in [2.24, 2.45) is 0 Å². The van der Waals surface area contributed by atoms with Crippen LogP contribution in [-0.2, 0) is 0 Å². The molecule has 8 nitrogen and oxygen atoms in total. The summed E-state index contributed by atoms with van der Waals surface area (Å²) in [6.07, 6.45) is 0. The summed E-state index contributed by atoms with van der Waals surface area (Å²) in [7, 11) is 1.62. The predicted octanol–water partition coefficient (Wildman–Crippen LogP) is 8.09. The van der Waals surface area contributed by atoms with Crippen molar-refractivity contribution in [2.75, 3.05) is 7.11 Å². The number of aryl methyl sites for hydroxylation is 1. The third-order valence-corrected chi connectivity index (χ3v) is 8.24. The normalized spacial score (nSPS) is 13.8. The predicted molar refractivity (Wildman–Crippen MR) is 166 cm³/mol. The molecule has 0 amide bonds. The van der Waals surface area contributed by atoms with Crippen molar-refractivity contribution in [3.63, 3.8) is 0 Å². The molecule has 11 heteroatoms. The molecule has 0 saturated heterocycles. The lowest BCUT2D eigenvalue weighted by Crippen LogP contribution is -2.20.